The van der Waals surface area contributed by atoms with Crippen LogP contribution in [0.15, 0.2) is 42.5 Å². The van der Waals surface area contributed by atoms with Crippen molar-refractivity contribution in [2.75, 3.05) is 23.0 Å². The Kier molecular flexibility index (Phi) is 4.30. The molecule has 0 aliphatic rings. The third-order valence-electron chi connectivity index (χ3n) is 2.76. The molecule has 22 heavy (non-hydrogen) atoms. The molecule has 0 saturated carbocycles. The molecule has 5 nitrogen and oxygen atoms in total. The average Bonchev–Trinajstić information content (AvgIpc) is 2.50. The van der Waals surface area contributed by atoms with Gasteiger partial charge in [0, 0.05) is 12.2 Å². The molecular formula is C16H18FN3O2. The van der Waals surface area contributed by atoms with E-state index in [0.717, 1.165) is 0 Å². The molecule has 0 unspecified atom stereocenters. The van der Waals surface area contributed by atoms with Gasteiger partial charge in [-0.1, -0.05) is 12.1 Å². The molecule has 0 aliphatic heterocycles. The lowest BCUT2D eigenvalue weighted by atomic mass is 10.2. The number of anilines is 3. The second kappa shape index (κ2) is 7.31. The van der Waals surface area contributed by atoms with Crippen molar-refractivity contribution in [1.29, 1.82) is 0 Å². The Bertz CT molecular complexity index is 724. The van der Waals surface area contributed by atoms with E-state index >= 15 is 0 Å². The molecule has 0 aromatic heterocycles. The molecule has 0 fully saturated rings. The standard InChI is InChI=1S/C16H18FN3O2/c1-2-22-16(21)20-15-8-7-13(9-14(15)18)19-10-11-3-5-12(17)6-4-11/h3-9,19H,2,10,18H2,1H3,(H,20,21)/i10D2. The van der Waals surface area contributed by atoms with Crippen molar-refractivity contribution in [1.82, 2.24) is 0 Å². The van der Waals surface area contributed by atoms with E-state index in [1.807, 2.05) is 0 Å². The van der Waals surface area contributed by atoms with Crippen molar-refractivity contribution < 1.29 is 16.7 Å². The van der Waals surface area contributed by atoms with Crippen LogP contribution in [-0.2, 0) is 11.2 Å². The number of rotatable bonds is 5. The van der Waals surface area contributed by atoms with Gasteiger partial charge in [-0.3, -0.25) is 5.32 Å². The average molecular weight is 305 g/mol. The monoisotopic (exact) mass is 305 g/mol. The second-order valence-corrected chi connectivity index (χ2v) is 4.40. The van der Waals surface area contributed by atoms with Gasteiger partial charge in [0.15, 0.2) is 0 Å². The number of hydrogen-bond acceptors (Lipinski definition) is 4. The van der Waals surface area contributed by atoms with Crippen molar-refractivity contribution in [3.63, 3.8) is 0 Å². The molecule has 4 N–H and O–H groups in total. The molecule has 0 radical (unpaired) electrons. The minimum atomic E-state index is -1.92. The summed E-state index contributed by atoms with van der Waals surface area (Å²) in [4.78, 5) is 11.4. The van der Waals surface area contributed by atoms with E-state index in [-0.39, 0.29) is 17.9 Å². The lowest BCUT2D eigenvalue weighted by Gasteiger charge is -2.11. The first-order valence-electron chi connectivity index (χ1n) is 7.69. The Hall–Kier alpha value is -2.76. The van der Waals surface area contributed by atoms with Gasteiger partial charge in [0.25, 0.3) is 0 Å². The number of ether oxygens (including phenoxy) is 1. The van der Waals surface area contributed by atoms with Crippen molar-refractivity contribution >= 4 is 23.2 Å². The first kappa shape index (κ1) is 12.9. The lowest BCUT2D eigenvalue weighted by Crippen LogP contribution is -2.14. The van der Waals surface area contributed by atoms with E-state index in [2.05, 4.69) is 10.6 Å². The molecule has 2 rings (SSSR count). The van der Waals surface area contributed by atoms with Crippen LogP contribution in [0.5, 0.6) is 0 Å². The molecule has 0 saturated heterocycles. The SMILES string of the molecule is [2H]C([2H])(Nc1ccc(NC(=O)OCC)c(N)c1)c1ccc(F)cc1. The number of halogens is 1. The van der Waals surface area contributed by atoms with Crippen LogP contribution >= 0.6 is 0 Å². The van der Waals surface area contributed by atoms with Crippen LogP contribution in [0.25, 0.3) is 0 Å². The highest BCUT2D eigenvalue weighted by atomic mass is 19.1. The molecule has 2 aromatic rings. The summed E-state index contributed by atoms with van der Waals surface area (Å²) in [5, 5.41) is 5.18. The van der Waals surface area contributed by atoms with Gasteiger partial charge in [-0.15, -0.1) is 0 Å². The van der Waals surface area contributed by atoms with Gasteiger partial charge in [-0.05, 0) is 42.8 Å². The zero-order chi connectivity index (χ0) is 17.7. The second-order valence-electron chi connectivity index (χ2n) is 4.40. The summed E-state index contributed by atoms with van der Waals surface area (Å²) in [6.07, 6.45) is -0.619. The van der Waals surface area contributed by atoms with E-state index < -0.39 is 18.4 Å². The number of carbonyl (C=O) groups is 1. The highest BCUT2D eigenvalue weighted by molar-refractivity contribution is 5.89. The van der Waals surface area contributed by atoms with Crippen LogP contribution < -0.4 is 16.4 Å². The van der Waals surface area contributed by atoms with Gasteiger partial charge in [-0.25, -0.2) is 9.18 Å². The van der Waals surface area contributed by atoms with Gasteiger partial charge in [-0.2, -0.15) is 0 Å². The topological polar surface area (TPSA) is 76.4 Å². The van der Waals surface area contributed by atoms with Gasteiger partial charge < -0.3 is 15.8 Å². The molecule has 6 heteroatoms. The molecule has 116 valence electrons. The highest BCUT2D eigenvalue weighted by Gasteiger charge is 2.06. The Labute approximate surface area is 131 Å². The minimum absolute atomic E-state index is 0.239. The Morgan fingerprint density at radius 2 is 2.05 bits per heavy atom. The van der Waals surface area contributed by atoms with Gasteiger partial charge >= 0.3 is 6.09 Å². The van der Waals surface area contributed by atoms with Gasteiger partial charge in [0.1, 0.15) is 5.82 Å². The predicted molar refractivity (Wildman–Crippen MR) is 85.2 cm³/mol. The summed E-state index contributed by atoms with van der Waals surface area (Å²) < 4.78 is 33.9. The van der Waals surface area contributed by atoms with Crippen LogP contribution in [0, 0.1) is 5.82 Å². The summed E-state index contributed by atoms with van der Waals surface area (Å²) in [7, 11) is 0. The number of hydrogen-bond donors (Lipinski definition) is 3. The van der Waals surface area contributed by atoms with Crippen LogP contribution in [0.4, 0.5) is 26.2 Å². The fourth-order valence-electron chi connectivity index (χ4n) is 1.71. The maximum Gasteiger partial charge on any atom is 0.411 e. The minimum Gasteiger partial charge on any atom is -0.450 e. The molecule has 0 spiro atoms. The maximum absolute atomic E-state index is 13.0. The van der Waals surface area contributed by atoms with Crippen LogP contribution in [0.3, 0.4) is 0 Å². The summed E-state index contributed by atoms with van der Waals surface area (Å²) in [6, 6.07) is 9.70. The van der Waals surface area contributed by atoms with Crippen molar-refractivity contribution in [2.24, 2.45) is 0 Å². The number of benzene rings is 2. The van der Waals surface area contributed by atoms with Crippen LogP contribution in [0.1, 0.15) is 15.2 Å². The van der Waals surface area contributed by atoms with Crippen molar-refractivity contribution in [2.45, 2.75) is 13.4 Å². The Morgan fingerprint density at radius 3 is 2.68 bits per heavy atom. The predicted octanol–water partition coefficient (Wildman–Crippen LogP) is 3.59. The third-order valence-corrected chi connectivity index (χ3v) is 2.76. The van der Waals surface area contributed by atoms with E-state index in [4.69, 9.17) is 13.2 Å². The van der Waals surface area contributed by atoms with E-state index in [9.17, 15) is 9.18 Å². The maximum atomic E-state index is 13.0. The third kappa shape index (κ3) is 4.37. The Morgan fingerprint density at radius 1 is 1.32 bits per heavy atom. The summed E-state index contributed by atoms with van der Waals surface area (Å²) >= 11 is 0. The van der Waals surface area contributed by atoms with Crippen LogP contribution in [-0.4, -0.2) is 12.7 Å². The number of amides is 1. The first-order chi connectivity index (χ1) is 11.3. The van der Waals surface area contributed by atoms with Crippen molar-refractivity contribution in [3.05, 3.63) is 53.8 Å². The number of nitrogens with two attached hydrogens (primary N) is 1. The zero-order valence-corrected chi connectivity index (χ0v) is 12.0. The molecule has 1 amide bonds. The number of carbonyl (C=O) groups excluding carboxylic acids is 1. The van der Waals surface area contributed by atoms with Gasteiger partial charge in [0.05, 0.1) is 20.7 Å². The lowest BCUT2D eigenvalue weighted by molar-refractivity contribution is 0.168. The van der Waals surface area contributed by atoms with E-state index in [0.29, 0.717) is 11.4 Å². The first-order valence-corrected chi connectivity index (χ1v) is 6.69. The van der Waals surface area contributed by atoms with Crippen LogP contribution in [0.2, 0.25) is 0 Å². The van der Waals surface area contributed by atoms with Crippen molar-refractivity contribution in [3.8, 4) is 0 Å². The molecule has 2 aromatic carbocycles. The summed E-state index contributed by atoms with van der Waals surface area (Å²) in [6.45, 7) is 0.00691. The fraction of sp³-hybridized carbons (Fsp3) is 0.188. The highest BCUT2D eigenvalue weighted by Crippen LogP contribution is 2.23. The molecule has 0 aliphatic carbocycles. The molecule has 0 atom stereocenters. The smallest absolute Gasteiger partial charge is 0.411 e. The fourth-order valence-corrected chi connectivity index (χ4v) is 1.71. The number of nitrogens with one attached hydrogen (secondary N) is 2. The molecular weight excluding hydrogens is 285 g/mol. The zero-order valence-electron chi connectivity index (χ0n) is 14.0. The van der Waals surface area contributed by atoms with Gasteiger partial charge in [0.2, 0.25) is 0 Å². The normalized spacial score (nSPS) is 12.1. The largest absolute Gasteiger partial charge is 0.450 e. The molecule has 0 bridgehead atoms. The summed E-state index contributed by atoms with van der Waals surface area (Å²) in [5.41, 5.74) is 7.16. The summed E-state index contributed by atoms with van der Waals surface area (Å²) in [5.74, 6) is -0.437. The number of nitrogen functional groups attached to an aromatic ring is 1. The Balaban J connectivity index is 2.13. The quantitative estimate of drug-likeness (QED) is 0.738. The van der Waals surface area contributed by atoms with E-state index in [1.165, 1.54) is 36.4 Å². The molecule has 0 heterocycles. The van der Waals surface area contributed by atoms with E-state index in [1.54, 1.807) is 13.0 Å².